The minimum absolute atomic E-state index is 0.0663. The molecule has 0 radical (unpaired) electrons. The number of rotatable bonds is 5. The number of hydrogen-bond donors (Lipinski definition) is 2. The van der Waals surface area contributed by atoms with Crippen LogP contribution in [0.15, 0.2) is 47.4 Å². The third kappa shape index (κ3) is 4.36. The summed E-state index contributed by atoms with van der Waals surface area (Å²) in [5, 5.41) is 3.20. The lowest BCUT2D eigenvalue weighted by atomic mass is 10.2. The van der Waals surface area contributed by atoms with Crippen molar-refractivity contribution in [1.82, 2.24) is 4.57 Å². The average Bonchev–Trinajstić information content (AvgIpc) is 2.45. The summed E-state index contributed by atoms with van der Waals surface area (Å²) in [7, 11) is 0. The van der Waals surface area contributed by atoms with Crippen molar-refractivity contribution in [2.24, 2.45) is 0 Å². The molecule has 2 rings (SSSR count). The summed E-state index contributed by atoms with van der Waals surface area (Å²) in [5.41, 5.74) is 6.63. The summed E-state index contributed by atoms with van der Waals surface area (Å²) in [6.07, 6.45) is 2.61. The van der Waals surface area contributed by atoms with Crippen molar-refractivity contribution in [2.45, 2.75) is 19.4 Å². The molecule has 1 aromatic carbocycles. The van der Waals surface area contributed by atoms with Gasteiger partial charge < -0.3 is 15.6 Å². The number of nitrogen functional groups attached to an aromatic ring is 1. The quantitative estimate of drug-likeness (QED) is 0.833. The molecule has 0 spiro atoms. The highest BCUT2D eigenvalue weighted by molar-refractivity contribution is 6.33. The van der Waals surface area contributed by atoms with E-state index < -0.39 is 0 Å². The maximum absolute atomic E-state index is 11.8. The number of hydrogen-bond acceptors (Lipinski definition) is 3. The molecule has 5 nitrogen and oxygen atoms in total. The van der Waals surface area contributed by atoms with Gasteiger partial charge in [-0.15, -0.1) is 0 Å². The zero-order chi connectivity index (χ0) is 15.2. The number of anilines is 2. The Morgan fingerprint density at radius 1 is 1.29 bits per heavy atom. The van der Waals surface area contributed by atoms with Gasteiger partial charge in [-0.3, -0.25) is 9.59 Å². The number of nitrogens with two attached hydrogens (primary N) is 1. The van der Waals surface area contributed by atoms with Crippen molar-refractivity contribution in [3.63, 3.8) is 0 Å². The fourth-order valence-electron chi connectivity index (χ4n) is 1.90. The van der Waals surface area contributed by atoms with Gasteiger partial charge in [0.2, 0.25) is 11.5 Å². The van der Waals surface area contributed by atoms with Crippen LogP contribution in [0.25, 0.3) is 0 Å². The molecule has 0 aliphatic heterocycles. The number of halogens is 1. The first kappa shape index (κ1) is 15.1. The average molecular weight is 306 g/mol. The lowest BCUT2D eigenvalue weighted by Crippen LogP contribution is -2.19. The third-order valence-electron chi connectivity index (χ3n) is 2.98. The van der Waals surface area contributed by atoms with Gasteiger partial charge in [-0.25, -0.2) is 0 Å². The normalized spacial score (nSPS) is 10.3. The van der Waals surface area contributed by atoms with Crippen molar-refractivity contribution >= 4 is 28.9 Å². The number of nitrogens with zero attached hydrogens (tertiary/aromatic N) is 1. The Kier molecular flexibility index (Phi) is 5.00. The van der Waals surface area contributed by atoms with E-state index in [0.717, 1.165) is 0 Å². The zero-order valence-corrected chi connectivity index (χ0v) is 12.1. The molecule has 0 saturated carbocycles. The van der Waals surface area contributed by atoms with E-state index in [1.165, 1.54) is 6.07 Å². The van der Waals surface area contributed by atoms with Crippen LogP contribution in [0.4, 0.5) is 11.4 Å². The number of carbonyl (C=O) groups is 1. The molecule has 0 fully saturated rings. The summed E-state index contributed by atoms with van der Waals surface area (Å²) in [6, 6.07) is 9.92. The Labute approximate surface area is 127 Å². The molecule has 1 aromatic heterocycles. The van der Waals surface area contributed by atoms with E-state index >= 15 is 0 Å². The highest BCUT2D eigenvalue weighted by Crippen LogP contribution is 2.22. The van der Waals surface area contributed by atoms with Crippen molar-refractivity contribution in [2.75, 3.05) is 11.1 Å². The fraction of sp³-hybridized carbons (Fsp3) is 0.200. The van der Waals surface area contributed by atoms with Crippen LogP contribution in [0, 0.1) is 0 Å². The second-order valence-corrected chi connectivity index (χ2v) is 5.03. The molecule has 110 valence electrons. The Morgan fingerprint density at radius 3 is 2.81 bits per heavy atom. The molecular formula is C15H16ClN3O2. The van der Waals surface area contributed by atoms with Crippen LogP contribution in [-0.2, 0) is 11.3 Å². The first-order valence-corrected chi connectivity index (χ1v) is 6.94. The van der Waals surface area contributed by atoms with Crippen LogP contribution in [0.1, 0.15) is 12.8 Å². The molecule has 0 atom stereocenters. The summed E-state index contributed by atoms with van der Waals surface area (Å²) in [4.78, 5) is 23.3. The molecule has 2 aromatic rings. The first-order valence-electron chi connectivity index (χ1n) is 6.56. The highest BCUT2D eigenvalue weighted by atomic mass is 35.5. The van der Waals surface area contributed by atoms with Gasteiger partial charge in [-0.1, -0.05) is 17.7 Å². The van der Waals surface area contributed by atoms with Gasteiger partial charge in [0.15, 0.2) is 0 Å². The summed E-state index contributed by atoms with van der Waals surface area (Å²) in [5.74, 6) is -0.124. The first-order chi connectivity index (χ1) is 10.1. The molecule has 0 unspecified atom stereocenters. The van der Waals surface area contributed by atoms with Crippen molar-refractivity contribution in [1.29, 1.82) is 0 Å². The van der Waals surface area contributed by atoms with E-state index in [0.29, 0.717) is 35.8 Å². The topological polar surface area (TPSA) is 77.1 Å². The molecule has 3 N–H and O–H groups in total. The van der Waals surface area contributed by atoms with Gasteiger partial charge in [0, 0.05) is 30.9 Å². The molecule has 6 heteroatoms. The fourth-order valence-corrected chi connectivity index (χ4v) is 2.02. The van der Waals surface area contributed by atoms with Gasteiger partial charge in [-0.2, -0.15) is 0 Å². The van der Waals surface area contributed by atoms with Crippen molar-refractivity contribution < 1.29 is 4.79 Å². The van der Waals surface area contributed by atoms with Gasteiger partial charge in [0.25, 0.3) is 0 Å². The Bertz CT molecular complexity index is 697. The van der Waals surface area contributed by atoms with Gasteiger partial charge in [0.05, 0.1) is 10.7 Å². The minimum Gasteiger partial charge on any atom is -0.397 e. The zero-order valence-electron chi connectivity index (χ0n) is 11.4. The number of pyridine rings is 1. The Morgan fingerprint density at radius 2 is 2.10 bits per heavy atom. The van der Waals surface area contributed by atoms with Crippen LogP contribution in [-0.4, -0.2) is 10.5 Å². The summed E-state index contributed by atoms with van der Waals surface area (Å²) >= 11 is 5.81. The van der Waals surface area contributed by atoms with Crippen molar-refractivity contribution in [3.05, 3.63) is 58.0 Å². The maximum Gasteiger partial charge on any atom is 0.250 e. The molecule has 0 aliphatic carbocycles. The molecule has 0 bridgehead atoms. The molecule has 1 heterocycles. The SMILES string of the molecule is Nc1cc(NC(=O)CCCn2ccccc2=O)ccc1Cl. The standard InChI is InChI=1S/C15H16ClN3O2/c16-12-7-6-11(10-13(12)17)18-14(20)4-3-9-19-8-2-1-5-15(19)21/h1-2,5-8,10H,3-4,9,17H2,(H,18,20). The highest BCUT2D eigenvalue weighted by Gasteiger charge is 2.04. The number of aromatic nitrogens is 1. The lowest BCUT2D eigenvalue weighted by Gasteiger charge is -2.08. The molecule has 1 amide bonds. The maximum atomic E-state index is 11.8. The monoisotopic (exact) mass is 305 g/mol. The molecule has 21 heavy (non-hydrogen) atoms. The second-order valence-electron chi connectivity index (χ2n) is 4.62. The number of aryl methyl sites for hydroxylation is 1. The number of carbonyl (C=O) groups excluding carboxylic acids is 1. The van der Waals surface area contributed by atoms with Crippen LogP contribution >= 0.6 is 11.6 Å². The molecule has 0 aliphatic rings. The van der Waals surface area contributed by atoms with E-state index in [4.69, 9.17) is 17.3 Å². The van der Waals surface area contributed by atoms with E-state index in [1.54, 1.807) is 41.1 Å². The Hall–Kier alpha value is -2.27. The van der Waals surface area contributed by atoms with Crippen LogP contribution in [0.2, 0.25) is 5.02 Å². The Balaban J connectivity index is 1.84. The smallest absolute Gasteiger partial charge is 0.250 e. The van der Waals surface area contributed by atoms with Crippen molar-refractivity contribution in [3.8, 4) is 0 Å². The van der Waals surface area contributed by atoms with E-state index in [1.807, 2.05) is 0 Å². The lowest BCUT2D eigenvalue weighted by molar-refractivity contribution is -0.116. The summed E-state index contributed by atoms with van der Waals surface area (Å²) < 4.78 is 1.58. The van der Waals surface area contributed by atoms with E-state index in [-0.39, 0.29) is 11.5 Å². The predicted molar refractivity (Wildman–Crippen MR) is 84.4 cm³/mol. The molecule has 0 saturated heterocycles. The third-order valence-corrected chi connectivity index (χ3v) is 3.33. The minimum atomic E-state index is -0.124. The van der Waals surface area contributed by atoms with E-state index in [2.05, 4.69) is 5.32 Å². The van der Waals surface area contributed by atoms with Crippen LogP contribution in [0.3, 0.4) is 0 Å². The molecular weight excluding hydrogens is 290 g/mol. The number of nitrogens with one attached hydrogen (secondary N) is 1. The number of amides is 1. The van der Waals surface area contributed by atoms with Gasteiger partial charge >= 0.3 is 0 Å². The van der Waals surface area contributed by atoms with Gasteiger partial charge in [0.1, 0.15) is 0 Å². The number of benzene rings is 1. The van der Waals surface area contributed by atoms with Gasteiger partial charge in [-0.05, 0) is 30.7 Å². The second kappa shape index (κ2) is 6.95. The van der Waals surface area contributed by atoms with E-state index in [9.17, 15) is 9.59 Å². The van der Waals surface area contributed by atoms with Crippen LogP contribution < -0.4 is 16.6 Å². The largest absolute Gasteiger partial charge is 0.397 e. The van der Waals surface area contributed by atoms with Crippen LogP contribution in [0.5, 0.6) is 0 Å². The summed E-state index contributed by atoms with van der Waals surface area (Å²) in [6.45, 7) is 0.510. The predicted octanol–water partition coefficient (Wildman–Crippen LogP) is 2.50.